The molecule has 0 aromatic rings. The highest BCUT2D eigenvalue weighted by molar-refractivity contribution is 5.75. The van der Waals surface area contributed by atoms with Gasteiger partial charge in [-0.25, -0.2) is 0 Å². The molecule has 0 unspecified atom stereocenters. The van der Waals surface area contributed by atoms with Crippen molar-refractivity contribution in [1.29, 1.82) is 0 Å². The quantitative estimate of drug-likeness (QED) is 0.605. The van der Waals surface area contributed by atoms with E-state index in [-0.39, 0.29) is 12.0 Å². The van der Waals surface area contributed by atoms with Crippen LogP contribution in [0, 0.1) is 5.92 Å². The minimum Gasteiger partial charge on any atom is -0.468 e. The van der Waals surface area contributed by atoms with Crippen LogP contribution in [0.5, 0.6) is 0 Å². The van der Waals surface area contributed by atoms with Crippen molar-refractivity contribution in [2.24, 2.45) is 5.92 Å². The average molecular weight is 157 g/mol. The smallest absolute Gasteiger partial charge is 0.322 e. The highest BCUT2D eigenvalue weighted by Gasteiger charge is 2.28. The number of likely N-dealkylation sites (N-methyl/N-ethyl adjacent to an activating group) is 1. The van der Waals surface area contributed by atoms with E-state index in [4.69, 9.17) is 0 Å². The Morgan fingerprint density at radius 3 is 2.73 bits per heavy atom. The molecular formula is C8H15NO2. The maximum atomic E-state index is 11.0. The number of ether oxygens (including phenoxy) is 1. The molecule has 0 bridgehead atoms. The van der Waals surface area contributed by atoms with Crippen molar-refractivity contribution in [2.75, 3.05) is 14.2 Å². The van der Waals surface area contributed by atoms with Gasteiger partial charge in [0.25, 0.3) is 0 Å². The van der Waals surface area contributed by atoms with E-state index in [1.54, 1.807) is 7.05 Å². The van der Waals surface area contributed by atoms with Gasteiger partial charge in [-0.05, 0) is 19.4 Å². The zero-order valence-electron chi connectivity index (χ0n) is 7.09. The first-order valence-corrected chi connectivity index (χ1v) is 4.03. The molecule has 0 radical (unpaired) electrons. The largest absolute Gasteiger partial charge is 0.468 e. The molecule has 1 fully saturated rings. The molecule has 0 spiro atoms. The number of methoxy groups -OCH3 is 1. The molecule has 1 N–H and O–H groups in total. The minimum atomic E-state index is -0.139. The molecule has 1 aliphatic rings. The van der Waals surface area contributed by atoms with Crippen molar-refractivity contribution in [3.8, 4) is 0 Å². The Morgan fingerprint density at radius 2 is 2.36 bits per heavy atom. The van der Waals surface area contributed by atoms with E-state index in [9.17, 15) is 4.79 Å². The van der Waals surface area contributed by atoms with Crippen LogP contribution < -0.4 is 5.32 Å². The lowest BCUT2D eigenvalue weighted by Gasteiger charge is -2.11. The zero-order valence-corrected chi connectivity index (χ0v) is 7.09. The Hall–Kier alpha value is -0.570. The fourth-order valence-electron chi connectivity index (χ4n) is 1.16. The summed E-state index contributed by atoms with van der Waals surface area (Å²) in [5, 5.41) is 2.95. The van der Waals surface area contributed by atoms with Crippen molar-refractivity contribution in [3.05, 3.63) is 0 Å². The summed E-state index contributed by atoms with van der Waals surface area (Å²) in [7, 11) is 3.23. The summed E-state index contributed by atoms with van der Waals surface area (Å²) in [6, 6.07) is -0.0903. The predicted octanol–water partition coefficient (Wildman–Crippen LogP) is 0.547. The number of carbonyl (C=O) groups excluding carboxylic acids is 1. The second-order valence-electron chi connectivity index (χ2n) is 3.04. The van der Waals surface area contributed by atoms with E-state index < -0.39 is 0 Å². The second kappa shape index (κ2) is 3.72. The summed E-state index contributed by atoms with van der Waals surface area (Å²) in [5.74, 6) is 0.617. The molecule has 1 saturated carbocycles. The molecule has 64 valence electrons. The van der Waals surface area contributed by atoms with E-state index in [1.807, 2.05) is 0 Å². The lowest BCUT2D eigenvalue weighted by atomic mass is 10.1. The monoisotopic (exact) mass is 157 g/mol. The van der Waals surface area contributed by atoms with Crippen LogP contribution in [0.25, 0.3) is 0 Å². The van der Waals surface area contributed by atoms with Crippen molar-refractivity contribution in [2.45, 2.75) is 25.3 Å². The van der Waals surface area contributed by atoms with Gasteiger partial charge >= 0.3 is 5.97 Å². The van der Waals surface area contributed by atoms with Gasteiger partial charge in [-0.15, -0.1) is 0 Å². The molecule has 0 amide bonds. The fraction of sp³-hybridized carbons (Fsp3) is 0.875. The summed E-state index contributed by atoms with van der Waals surface area (Å²) in [4.78, 5) is 11.0. The number of hydrogen-bond donors (Lipinski definition) is 1. The van der Waals surface area contributed by atoms with Crippen LogP contribution in [-0.4, -0.2) is 26.2 Å². The van der Waals surface area contributed by atoms with E-state index in [1.165, 1.54) is 20.0 Å². The van der Waals surface area contributed by atoms with Gasteiger partial charge in [0, 0.05) is 0 Å². The summed E-state index contributed by atoms with van der Waals surface area (Å²) in [6.07, 6.45) is 3.48. The van der Waals surface area contributed by atoms with Crippen LogP contribution in [0.2, 0.25) is 0 Å². The lowest BCUT2D eigenvalue weighted by molar-refractivity contribution is -0.143. The summed E-state index contributed by atoms with van der Waals surface area (Å²) >= 11 is 0. The molecule has 0 aliphatic heterocycles. The molecule has 1 aliphatic carbocycles. The molecule has 0 aromatic carbocycles. The van der Waals surface area contributed by atoms with Gasteiger partial charge in [-0.2, -0.15) is 0 Å². The van der Waals surface area contributed by atoms with Crippen LogP contribution in [0.1, 0.15) is 19.3 Å². The van der Waals surface area contributed by atoms with E-state index in [0.29, 0.717) is 0 Å². The summed E-state index contributed by atoms with van der Waals surface area (Å²) < 4.78 is 4.63. The Kier molecular flexibility index (Phi) is 2.88. The molecule has 11 heavy (non-hydrogen) atoms. The van der Waals surface area contributed by atoms with Crippen LogP contribution >= 0.6 is 0 Å². The highest BCUT2D eigenvalue weighted by Crippen LogP contribution is 2.33. The van der Waals surface area contributed by atoms with E-state index in [0.717, 1.165) is 12.3 Å². The third kappa shape index (κ3) is 2.50. The Morgan fingerprint density at radius 1 is 1.73 bits per heavy atom. The Bertz CT molecular complexity index is 143. The van der Waals surface area contributed by atoms with Crippen LogP contribution in [0.4, 0.5) is 0 Å². The number of nitrogens with one attached hydrogen (secondary N) is 1. The van der Waals surface area contributed by atoms with Gasteiger partial charge in [0.05, 0.1) is 7.11 Å². The highest BCUT2D eigenvalue weighted by atomic mass is 16.5. The molecule has 0 heterocycles. The van der Waals surface area contributed by atoms with Gasteiger partial charge in [-0.1, -0.05) is 12.8 Å². The first-order chi connectivity index (χ1) is 5.27. The molecule has 3 heteroatoms. The lowest BCUT2D eigenvalue weighted by Crippen LogP contribution is -2.35. The van der Waals surface area contributed by atoms with Gasteiger partial charge in [0.15, 0.2) is 0 Å². The third-order valence-electron chi connectivity index (χ3n) is 2.10. The van der Waals surface area contributed by atoms with Crippen LogP contribution in [-0.2, 0) is 9.53 Å². The van der Waals surface area contributed by atoms with Gasteiger partial charge < -0.3 is 10.1 Å². The van der Waals surface area contributed by atoms with Gasteiger partial charge in [0.1, 0.15) is 6.04 Å². The van der Waals surface area contributed by atoms with E-state index in [2.05, 4.69) is 10.1 Å². The Labute approximate surface area is 67.1 Å². The van der Waals surface area contributed by atoms with Crippen LogP contribution in [0.3, 0.4) is 0 Å². The summed E-state index contributed by atoms with van der Waals surface area (Å²) in [5.41, 5.74) is 0. The van der Waals surface area contributed by atoms with Gasteiger partial charge in [-0.3, -0.25) is 4.79 Å². The second-order valence-corrected chi connectivity index (χ2v) is 3.04. The fourth-order valence-corrected chi connectivity index (χ4v) is 1.16. The van der Waals surface area contributed by atoms with E-state index >= 15 is 0 Å². The Balaban J connectivity index is 2.27. The number of hydrogen-bond acceptors (Lipinski definition) is 3. The number of esters is 1. The average Bonchev–Trinajstić information content (AvgIpc) is 2.82. The maximum absolute atomic E-state index is 11.0. The first-order valence-electron chi connectivity index (χ1n) is 4.03. The zero-order chi connectivity index (χ0) is 8.27. The predicted molar refractivity (Wildman–Crippen MR) is 42.2 cm³/mol. The molecule has 0 saturated heterocycles. The van der Waals surface area contributed by atoms with Crippen molar-refractivity contribution >= 4 is 5.97 Å². The summed E-state index contributed by atoms with van der Waals surface area (Å²) in [6.45, 7) is 0. The van der Waals surface area contributed by atoms with Crippen molar-refractivity contribution in [3.63, 3.8) is 0 Å². The third-order valence-corrected chi connectivity index (χ3v) is 2.10. The van der Waals surface area contributed by atoms with Crippen LogP contribution in [0.15, 0.2) is 0 Å². The van der Waals surface area contributed by atoms with Crippen molar-refractivity contribution < 1.29 is 9.53 Å². The molecule has 1 atom stereocenters. The maximum Gasteiger partial charge on any atom is 0.322 e. The number of rotatable bonds is 4. The molecule has 1 rings (SSSR count). The number of carbonyl (C=O) groups is 1. The van der Waals surface area contributed by atoms with Gasteiger partial charge in [0.2, 0.25) is 0 Å². The molecule has 0 aromatic heterocycles. The standard InChI is InChI=1S/C8H15NO2/c1-9-7(8(10)11-2)5-6-3-4-6/h6-7,9H,3-5H2,1-2H3/t7-/m0/s1. The normalized spacial score (nSPS) is 19.5. The topological polar surface area (TPSA) is 38.3 Å². The first kappa shape index (κ1) is 8.53. The van der Waals surface area contributed by atoms with Crippen molar-refractivity contribution in [1.82, 2.24) is 5.32 Å². The SMILES string of the molecule is CN[C@@H](CC1CC1)C(=O)OC. The molecular weight excluding hydrogens is 142 g/mol. The molecule has 3 nitrogen and oxygen atoms in total. The minimum absolute atomic E-state index is 0.0903.